The zero-order valence-electron chi connectivity index (χ0n) is 13.9. The predicted octanol–water partition coefficient (Wildman–Crippen LogP) is 3.63. The summed E-state index contributed by atoms with van der Waals surface area (Å²) in [5.41, 5.74) is 2.32. The predicted molar refractivity (Wildman–Crippen MR) is 90.8 cm³/mol. The number of piperidine rings is 1. The van der Waals surface area contributed by atoms with E-state index in [1.807, 2.05) is 38.1 Å². The van der Waals surface area contributed by atoms with Crippen molar-refractivity contribution in [3.63, 3.8) is 0 Å². The summed E-state index contributed by atoms with van der Waals surface area (Å²) in [4.78, 5) is 27.1. The number of benzene rings is 1. The van der Waals surface area contributed by atoms with E-state index in [1.54, 1.807) is 4.90 Å². The Morgan fingerprint density at radius 3 is 2.91 bits per heavy atom. The van der Waals surface area contributed by atoms with Crippen LogP contribution in [0, 0.1) is 12.3 Å². The summed E-state index contributed by atoms with van der Waals surface area (Å²) in [6.07, 6.45) is 5.92. The molecule has 0 saturated carbocycles. The first-order chi connectivity index (χ1) is 11.1. The van der Waals surface area contributed by atoms with E-state index < -0.39 is 5.41 Å². The van der Waals surface area contributed by atoms with E-state index in [1.165, 1.54) is 0 Å². The quantitative estimate of drug-likeness (QED) is 0.926. The van der Waals surface area contributed by atoms with Crippen LogP contribution < -0.4 is 5.32 Å². The highest BCUT2D eigenvalue weighted by molar-refractivity contribution is 5.99. The smallest absolute Gasteiger partial charge is 0.236 e. The van der Waals surface area contributed by atoms with Crippen LogP contribution in [0.3, 0.4) is 0 Å². The van der Waals surface area contributed by atoms with Crippen LogP contribution in [-0.2, 0) is 9.59 Å². The van der Waals surface area contributed by atoms with Crippen LogP contribution in [0.2, 0.25) is 0 Å². The maximum Gasteiger partial charge on any atom is 0.236 e. The molecule has 3 rings (SSSR count). The third-order valence-electron chi connectivity index (χ3n) is 5.02. The molecule has 1 unspecified atom stereocenters. The van der Waals surface area contributed by atoms with Gasteiger partial charge in [0.2, 0.25) is 11.8 Å². The number of carbonyl (C=O) groups excluding carboxylic acids is 2. The Labute approximate surface area is 137 Å². The second-order valence-electron chi connectivity index (χ2n) is 6.53. The van der Waals surface area contributed by atoms with Crippen LogP contribution in [0.5, 0.6) is 0 Å². The molecule has 4 heteroatoms. The molecule has 4 nitrogen and oxygen atoms in total. The summed E-state index contributed by atoms with van der Waals surface area (Å²) in [6, 6.07) is 7.85. The van der Waals surface area contributed by atoms with E-state index in [4.69, 9.17) is 0 Å². The highest BCUT2D eigenvalue weighted by Crippen LogP contribution is 2.47. The molecule has 0 aromatic heterocycles. The van der Waals surface area contributed by atoms with Gasteiger partial charge in [-0.25, -0.2) is 0 Å². The summed E-state index contributed by atoms with van der Waals surface area (Å²) >= 11 is 0. The highest BCUT2D eigenvalue weighted by Gasteiger charge is 2.49. The molecule has 1 N–H and O–H groups in total. The van der Waals surface area contributed by atoms with Crippen molar-refractivity contribution in [2.24, 2.45) is 5.41 Å². The SMILES string of the molecule is CCN1C(=O)CCC2(C(=O)Nc3cccc(C)c3)CCCC=C12. The fourth-order valence-electron chi connectivity index (χ4n) is 3.84. The Morgan fingerprint density at radius 1 is 1.35 bits per heavy atom. The van der Waals surface area contributed by atoms with E-state index in [0.29, 0.717) is 19.4 Å². The van der Waals surface area contributed by atoms with Crippen LogP contribution >= 0.6 is 0 Å². The van der Waals surface area contributed by atoms with Gasteiger partial charge in [-0.1, -0.05) is 18.2 Å². The van der Waals surface area contributed by atoms with Crippen molar-refractivity contribution in [2.75, 3.05) is 11.9 Å². The van der Waals surface area contributed by atoms with E-state index in [-0.39, 0.29) is 11.8 Å². The molecule has 122 valence electrons. The van der Waals surface area contributed by atoms with Gasteiger partial charge >= 0.3 is 0 Å². The van der Waals surface area contributed by atoms with E-state index in [2.05, 4.69) is 11.4 Å². The standard InChI is InChI=1S/C19H24N2O2/c1-3-21-16-9-4-5-11-19(16,12-10-17(21)22)18(23)20-15-8-6-7-14(2)13-15/h6-9,13H,3-5,10-12H2,1-2H3,(H,20,23). The maximum atomic E-state index is 13.1. The lowest BCUT2D eigenvalue weighted by Gasteiger charge is -2.45. The molecule has 0 spiro atoms. The Kier molecular flexibility index (Phi) is 4.24. The minimum atomic E-state index is -0.550. The van der Waals surface area contributed by atoms with Crippen LogP contribution in [0.4, 0.5) is 5.69 Å². The van der Waals surface area contributed by atoms with Crippen LogP contribution in [0.15, 0.2) is 36.0 Å². The molecule has 2 amide bonds. The summed E-state index contributed by atoms with van der Waals surface area (Å²) in [7, 11) is 0. The molecule has 1 aromatic rings. The molecule has 1 saturated heterocycles. The normalized spacial score (nSPS) is 24.0. The molecule has 23 heavy (non-hydrogen) atoms. The van der Waals surface area contributed by atoms with Crippen LogP contribution in [0.25, 0.3) is 0 Å². The average molecular weight is 312 g/mol. The zero-order chi connectivity index (χ0) is 16.4. The van der Waals surface area contributed by atoms with Crippen molar-refractivity contribution in [2.45, 2.75) is 46.0 Å². The van der Waals surface area contributed by atoms with Crippen molar-refractivity contribution in [1.82, 2.24) is 4.90 Å². The first-order valence-electron chi connectivity index (χ1n) is 8.46. The number of hydrogen-bond donors (Lipinski definition) is 1. The number of amides is 2. The number of allylic oxidation sites excluding steroid dienone is 1. The van der Waals surface area contributed by atoms with Gasteiger partial charge in [-0.15, -0.1) is 0 Å². The molecule has 1 aromatic carbocycles. The number of rotatable bonds is 3. The Balaban J connectivity index is 1.91. The van der Waals surface area contributed by atoms with Crippen molar-refractivity contribution in [1.29, 1.82) is 0 Å². The molecule has 2 aliphatic rings. The van der Waals surface area contributed by atoms with Crippen molar-refractivity contribution in [3.05, 3.63) is 41.6 Å². The minimum Gasteiger partial charge on any atom is -0.325 e. The van der Waals surface area contributed by atoms with E-state index >= 15 is 0 Å². The van der Waals surface area contributed by atoms with Crippen molar-refractivity contribution >= 4 is 17.5 Å². The third kappa shape index (κ3) is 2.78. The number of aryl methyl sites for hydroxylation is 1. The number of hydrogen-bond acceptors (Lipinski definition) is 2. The van der Waals surface area contributed by atoms with Gasteiger partial charge in [-0.2, -0.15) is 0 Å². The van der Waals surface area contributed by atoms with E-state index in [9.17, 15) is 9.59 Å². The molecule has 1 atom stereocenters. The Bertz CT molecular complexity index is 665. The molecule has 1 fully saturated rings. The number of fused-ring (bicyclic) bond motifs is 1. The van der Waals surface area contributed by atoms with Gasteiger partial charge in [-0.3, -0.25) is 9.59 Å². The molecular weight excluding hydrogens is 288 g/mol. The lowest BCUT2D eigenvalue weighted by molar-refractivity contribution is -0.138. The number of nitrogens with zero attached hydrogens (tertiary/aromatic N) is 1. The second kappa shape index (κ2) is 6.19. The van der Waals surface area contributed by atoms with Gasteiger partial charge < -0.3 is 10.2 Å². The Morgan fingerprint density at radius 2 is 2.17 bits per heavy atom. The lowest BCUT2D eigenvalue weighted by atomic mass is 9.69. The fourth-order valence-corrected chi connectivity index (χ4v) is 3.84. The first-order valence-corrected chi connectivity index (χ1v) is 8.46. The van der Waals surface area contributed by atoms with E-state index in [0.717, 1.165) is 36.2 Å². The van der Waals surface area contributed by atoms with Crippen LogP contribution in [-0.4, -0.2) is 23.3 Å². The van der Waals surface area contributed by atoms with Crippen molar-refractivity contribution < 1.29 is 9.59 Å². The molecule has 1 aliphatic heterocycles. The zero-order valence-corrected chi connectivity index (χ0v) is 13.9. The average Bonchev–Trinajstić information content (AvgIpc) is 2.55. The molecular formula is C19H24N2O2. The van der Waals surface area contributed by atoms with Gasteiger partial charge in [0.1, 0.15) is 0 Å². The molecule has 1 aliphatic carbocycles. The molecule has 1 heterocycles. The third-order valence-corrected chi connectivity index (χ3v) is 5.02. The van der Waals surface area contributed by atoms with Gasteiger partial charge in [0.25, 0.3) is 0 Å². The van der Waals surface area contributed by atoms with Gasteiger partial charge in [0, 0.05) is 24.4 Å². The van der Waals surface area contributed by atoms with Gasteiger partial charge in [-0.05, 0) is 57.2 Å². The molecule has 0 bridgehead atoms. The van der Waals surface area contributed by atoms with Gasteiger partial charge in [0.05, 0.1) is 5.41 Å². The largest absolute Gasteiger partial charge is 0.325 e. The summed E-state index contributed by atoms with van der Waals surface area (Å²) < 4.78 is 0. The number of likely N-dealkylation sites (tertiary alicyclic amines) is 1. The number of carbonyl (C=O) groups is 2. The molecule has 0 radical (unpaired) electrons. The maximum absolute atomic E-state index is 13.1. The monoisotopic (exact) mass is 312 g/mol. The second-order valence-corrected chi connectivity index (χ2v) is 6.53. The minimum absolute atomic E-state index is 0.0278. The Hall–Kier alpha value is -2.10. The lowest BCUT2D eigenvalue weighted by Crippen LogP contribution is -2.51. The number of nitrogens with one attached hydrogen (secondary N) is 1. The summed E-state index contributed by atoms with van der Waals surface area (Å²) in [6.45, 7) is 4.62. The van der Waals surface area contributed by atoms with Crippen molar-refractivity contribution in [3.8, 4) is 0 Å². The fraction of sp³-hybridized carbons (Fsp3) is 0.474. The highest BCUT2D eigenvalue weighted by atomic mass is 16.2. The number of anilines is 1. The first kappa shape index (κ1) is 15.8. The van der Waals surface area contributed by atoms with Crippen LogP contribution in [0.1, 0.15) is 44.6 Å². The van der Waals surface area contributed by atoms with Gasteiger partial charge in [0.15, 0.2) is 0 Å². The summed E-state index contributed by atoms with van der Waals surface area (Å²) in [5, 5.41) is 3.08. The summed E-state index contributed by atoms with van der Waals surface area (Å²) in [5.74, 6) is 0.166. The topological polar surface area (TPSA) is 49.4 Å².